The molecule has 0 N–H and O–H groups in total. The summed E-state index contributed by atoms with van der Waals surface area (Å²) in [5.74, 6) is 0. The van der Waals surface area contributed by atoms with E-state index in [4.69, 9.17) is 0 Å². The quantitative estimate of drug-likeness (QED) is 0.653. The van der Waals surface area contributed by atoms with Crippen molar-refractivity contribution in [1.82, 2.24) is 0 Å². The van der Waals surface area contributed by atoms with Gasteiger partial charge in [-0.2, -0.15) is 0 Å². The minimum atomic E-state index is -3.60. The molecule has 0 fully saturated rings. The zero-order valence-corrected chi connectivity index (χ0v) is 16.5. The third-order valence-electron chi connectivity index (χ3n) is 4.85. The Labute approximate surface area is 159 Å². The fraction of sp³-hybridized carbons (Fsp3) is 0.238. The first-order chi connectivity index (χ1) is 12.4. The summed E-state index contributed by atoms with van der Waals surface area (Å²) in [6.45, 7) is 4.01. The Morgan fingerprint density at radius 2 is 1.77 bits per heavy atom. The number of benzene rings is 2. The van der Waals surface area contributed by atoms with Gasteiger partial charge in [-0.1, -0.05) is 41.5 Å². The maximum absolute atomic E-state index is 13.5. The van der Waals surface area contributed by atoms with Gasteiger partial charge in [0.15, 0.2) is 0 Å². The van der Waals surface area contributed by atoms with Crippen molar-refractivity contribution in [3.63, 3.8) is 0 Å². The van der Waals surface area contributed by atoms with Gasteiger partial charge in [-0.3, -0.25) is 4.31 Å². The van der Waals surface area contributed by atoms with E-state index in [9.17, 15) is 8.42 Å². The van der Waals surface area contributed by atoms with E-state index in [0.717, 1.165) is 35.2 Å². The van der Waals surface area contributed by atoms with Crippen LogP contribution in [0.5, 0.6) is 0 Å². The van der Waals surface area contributed by atoms with Crippen molar-refractivity contribution < 1.29 is 8.42 Å². The molecule has 0 radical (unpaired) electrons. The molecule has 3 aromatic rings. The molecule has 1 aliphatic rings. The molecule has 1 unspecified atom stereocenters. The van der Waals surface area contributed by atoms with Crippen molar-refractivity contribution in [2.75, 3.05) is 4.31 Å². The molecule has 2 heterocycles. The third kappa shape index (κ3) is 3.06. The summed E-state index contributed by atoms with van der Waals surface area (Å²) in [7, 11) is -3.60. The third-order valence-corrected chi connectivity index (χ3v) is 7.63. The van der Waals surface area contributed by atoms with Crippen molar-refractivity contribution in [2.24, 2.45) is 0 Å². The molecular formula is C21H21NO2S2. The van der Waals surface area contributed by atoms with Crippen molar-refractivity contribution in [3.05, 3.63) is 81.5 Å². The van der Waals surface area contributed by atoms with Crippen LogP contribution in [0, 0.1) is 13.8 Å². The smallest absolute Gasteiger partial charge is 0.262 e. The second-order valence-corrected chi connectivity index (χ2v) is 9.73. The molecule has 0 spiro atoms. The minimum absolute atomic E-state index is 0.0863. The molecule has 134 valence electrons. The fourth-order valence-corrected chi connectivity index (χ4v) is 6.06. The van der Waals surface area contributed by atoms with Gasteiger partial charge in [-0.05, 0) is 55.5 Å². The van der Waals surface area contributed by atoms with Gasteiger partial charge in [-0.15, -0.1) is 11.3 Å². The molecule has 2 aromatic carbocycles. The van der Waals surface area contributed by atoms with Gasteiger partial charge in [-0.25, -0.2) is 8.42 Å². The van der Waals surface area contributed by atoms with E-state index in [0.29, 0.717) is 4.90 Å². The highest BCUT2D eigenvalue weighted by Gasteiger charge is 2.38. The van der Waals surface area contributed by atoms with Crippen molar-refractivity contribution >= 4 is 27.0 Å². The number of sulfonamides is 1. The topological polar surface area (TPSA) is 37.4 Å². The average Bonchev–Trinajstić information content (AvgIpc) is 3.22. The number of fused-ring (bicyclic) bond motifs is 1. The zero-order chi connectivity index (χ0) is 18.3. The van der Waals surface area contributed by atoms with Crippen LogP contribution in [0.15, 0.2) is 64.9 Å². The van der Waals surface area contributed by atoms with E-state index < -0.39 is 10.0 Å². The summed E-state index contributed by atoms with van der Waals surface area (Å²) in [6.07, 6.45) is 1.48. The second kappa shape index (κ2) is 6.56. The van der Waals surface area contributed by atoms with Gasteiger partial charge in [0.25, 0.3) is 10.0 Å². The Hall–Kier alpha value is -2.11. The van der Waals surface area contributed by atoms with Gasteiger partial charge >= 0.3 is 0 Å². The Morgan fingerprint density at radius 3 is 2.46 bits per heavy atom. The number of thiophene rings is 1. The summed E-state index contributed by atoms with van der Waals surface area (Å²) in [5, 5.41) is 2.04. The molecule has 5 heteroatoms. The van der Waals surface area contributed by atoms with Gasteiger partial charge in [0.2, 0.25) is 0 Å². The highest BCUT2D eigenvalue weighted by molar-refractivity contribution is 7.92. The van der Waals surface area contributed by atoms with Crippen LogP contribution in [0.2, 0.25) is 0 Å². The predicted octanol–water partition coefficient (Wildman–Crippen LogP) is 4.73. The second-order valence-electron chi connectivity index (χ2n) is 6.89. The van der Waals surface area contributed by atoms with E-state index in [1.807, 2.05) is 49.6 Å². The molecular weight excluding hydrogens is 362 g/mol. The lowest BCUT2D eigenvalue weighted by Gasteiger charge is -2.27. The van der Waals surface area contributed by atoms with Crippen LogP contribution in [-0.4, -0.2) is 14.5 Å². The molecule has 0 bridgehead atoms. The first-order valence-electron chi connectivity index (χ1n) is 8.68. The van der Waals surface area contributed by atoms with Crippen LogP contribution in [0.3, 0.4) is 0 Å². The number of aryl methyl sites for hydroxylation is 2. The van der Waals surface area contributed by atoms with Crippen LogP contribution in [0.25, 0.3) is 0 Å². The molecule has 1 aromatic heterocycles. The number of hydrogen-bond donors (Lipinski definition) is 0. The first-order valence-corrected chi connectivity index (χ1v) is 11.0. The monoisotopic (exact) mass is 383 g/mol. The van der Waals surface area contributed by atoms with Crippen LogP contribution in [0.4, 0.5) is 5.69 Å². The van der Waals surface area contributed by atoms with E-state index >= 15 is 0 Å². The Kier molecular flexibility index (Phi) is 4.37. The van der Waals surface area contributed by atoms with Gasteiger partial charge in [0.05, 0.1) is 16.6 Å². The number of rotatable bonds is 4. The Morgan fingerprint density at radius 1 is 1.04 bits per heavy atom. The maximum Gasteiger partial charge on any atom is 0.264 e. The lowest BCUT2D eigenvalue weighted by molar-refractivity contribution is 0.578. The maximum atomic E-state index is 13.5. The van der Waals surface area contributed by atoms with Crippen LogP contribution < -0.4 is 4.31 Å². The molecule has 0 saturated carbocycles. The normalized spacial score (nSPS) is 16.7. The Bertz CT molecular complexity index is 1020. The van der Waals surface area contributed by atoms with Crippen LogP contribution in [-0.2, 0) is 22.9 Å². The fourth-order valence-electron chi connectivity index (χ4n) is 3.59. The van der Waals surface area contributed by atoms with E-state index in [-0.39, 0.29) is 6.04 Å². The van der Waals surface area contributed by atoms with E-state index in [1.54, 1.807) is 27.8 Å². The molecule has 0 aliphatic carbocycles. The van der Waals surface area contributed by atoms with Crippen LogP contribution in [0.1, 0.15) is 21.6 Å². The number of hydrogen-bond acceptors (Lipinski definition) is 3. The van der Waals surface area contributed by atoms with Crippen LogP contribution >= 0.6 is 11.3 Å². The molecule has 3 nitrogen and oxygen atoms in total. The van der Waals surface area contributed by atoms with E-state index in [1.165, 1.54) is 4.88 Å². The van der Waals surface area contributed by atoms with Gasteiger partial charge in [0.1, 0.15) is 0 Å². The standard InChI is InChI=1S/C21H21NO2S2/c1-15-5-8-20(9-6-15)26(23,24)22-18(14-19-4-3-11-25-19)13-17-12-16(2)7-10-21(17)22/h3-12,18H,13-14H2,1-2H3. The largest absolute Gasteiger partial charge is 0.264 e. The minimum Gasteiger partial charge on any atom is -0.262 e. The summed E-state index contributed by atoms with van der Waals surface area (Å²) in [6, 6.07) is 17.2. The summed E-state index contributed by atoms with van der Waals surface area (Å²) < 4.78 is 28.6. The highest BCUT2D eigenvalue weighted by Crippen LogP contribution is 2.39. The summed E-state index contributed by atoms with van der Waals surface area (Å²) in [4.78, 5) is 1.57. The Balaban J connectivity index is 1.79. The SMILES string of the molecule is Cc1ccc(S(=O)(=O)N2c3ccc(C)cc3CC2Cc2cccs2)cc1. The van der Waals surface area contributed by atoms with Crippen molar-refractivity contribution in [2.45, 2.75) is 37.6 Å². The summed E-state index contributed by atoms with van der Waals surface area (Å²) >= 11 is 1.68. The molecule has 26 heavy (non-hydrogen) atoms. The lowest BCUT2D eigenvalue weighted by Crippen LogP contribution is -2.38. The summed E-state index contributed by atoms with van der Waals surface area (Å²) in [5.41, 5.74) is 4.14. The molecule has 4 rings (SSSR count). The average molecular weight is 384 g/mol. The van der Waals surface area contributed by atoms with E-state index in [2.05, 4.69) is 12.1 Å². The number of anilines is 1. The molecule has 1 atom stereocenters. The van der Waals surface area contributed by atoms with Gasteiger partial charge in [0, 0.05) is 11.3 Å². The van der Waals surface area contributed by atoms with Crippen molar-refractivity contribution in [1.29, 1.82) is 0 Å². The lowest BCUT2D eigenvalue weighted by atomic mass is 10.1. The van der Waals surface area contributed by atoms with Gasteiger partial charge < -0.3 is 0 Å². The molecule has 0 amide bonds. The van der Waals surface area contributed by atoms with Crippen molar-refractivity contribution in [3.8, 4) is 0 Å². The highest BCUT2D eigenvalue weighted by atomic mass is 32.2. The predicted molar refractivity (Wildman–Crippen MR) is 108 cm³/mol. The number of nitrogens with zero attached hydrogens (tertiary/aromatic N) is 1. The molecule has 1 aliphatic heterocycles. The zero-order valence-electron chi connectivity index (χ0n) is 14.8. The first kappa shape index (κ1) is 17.3. The molecule has 0 saturated heterocycles.